The number of aromatic nitrogens is 2. The van der Waals surface area contributed by atoms with Crippen LogP contribution >= 0.6 is 0 Å². The molecule has 1 aromatic heterocycles. The van der Waals surface area contributed by atoms with Gasteiger partial charge >= 0.3 is 11.2 Å². The van der Waals surface area contributed by atoms with E-state index in [0.29, 0.717) is 30.8 Å². The molecule has 3 fully saturated rings. The molecule has 2 bridgehead atoms. The number of piperidine rings is 1. The van der Waals surface area contributed by atoms with Crippen LogP contribution in [0.1, 0.15) is 51.4 Å². The van der Waals surface area contributed by atoms with E-state index >= 15 is 0 Å². The molecule has 1 aliphatic heterocycles. The zero-order chi connectivity index (χ0) is 14.4. The number of hydrogen-bond acceptors (Lipinski definition) is 6. The predicted octanol–water partition coefficient (Wildman–Crippen LogP) is 2.16. The summed E-state index contributed by atoms with van der Waals surface area (Å²) in [7, 11) is -3.45. The predicted molar refractivity (Wildman–Crippen MR) is 76.8 cm³/mol. The smallest absolute Gasteiger partial charge is 0.337 e. The second kappa shape index (κ2) is 4.97. The van der Waals surface area contributed by atoms with Crippen molar-refractivity contribution in [3.63, 3.8) is 0 Å². The third-order valence-electron chi connectivity index (χ3n) is 5.29. The molecular weight excluding hydrogens is 290 g/mol. The summed E-state index contributed by atoms with van der Waals surface area (Å²) in [5.41, 5.74) is 0. The van der Waals surface area contributed by atoms with Crippen LogP contribution in [0.2, 0.25) is 0 Å². The first kappa shape index (κ1) is 13.5. The number of fused-ring (bicyclic) bond motifs is 2. The van der Waals surface area contributed by atoms with Crippen molar-refractivity contribution in [2.24, 2.45) is 5.92 Å². The van der Waals surface area contributed by atoms with Crippen molar-refractivity contribution in [3.8, 4) is 0 Å². The van der Waals surface area contributed by atoms with Crippen LogP contribution in [0.4, 0.5) is 6.01 Å². The van der Waals surface area contributed by atoms with E-state index in [2.05, 4.69) is 15.1 Å². The van der Waals surface area contributed by atoms with Gasteiger partial charge in [-0.2, -0.15) is 0 Å². The van der Waals surface area contributed by atoms with Gasteiger partial charge in [-0.15, -0.1) is 0 Å². The first-order valence-electron chi connectivity index (χ1n) is 7.98. The SMILES string of the molecule is O=S(=O)(c1nnc(N2CC3CCC2C3)o1)C1CCCCC1. The Morgan fingerprint density at radius 3 is 2.52 bits per heavy atom. The molecule has 2 atom stereocenters. The lowest BCUT2D eigenvalue weighted by Crippen LogP contribution is -2.32. The van der Waals surface area contributed by atoms with Crippen molar-refractivity contribution >= 4 is 15.9 Å². The molecular formula is C14H21N3O3S. The average Bonchev–Trinajstić information content (AvgIpc) is 3.24. The van der Waals surface area contributed by atoms with Crippen molar-refractivity contribution < 1.29 is 12.8 Å². The van der Waals surface area contributed by atoms with E-state index < -0.39 is 9.84 Å². The lowest BCUT2D eigenvalue weighted by Gasteiger charge is -2.24. The summed E-state index contributed by atoms with van der Waals surface area (Å²) < 4.78 is 30.7. The standard InChI is InChI=1S/C14H21N3O3S/c18-21(19,12-4-2-1-3-5-12)14-16-15-13(20-14)17-9-10-6-7-11(17)8-10/h10-12H,1-9H2. The van der Waals surface area contributed by atoms with Gasteiger partial charge in [-0.1, -0.05) is 29.5 Å². The van der Waals surface area contributed by atoms with Crippen LogP contribution in [0, 0.1) is 5.92 Å². The summed E-state index contributed by atoms with van der Waals surface area (Å²) in [6.45, 7) is 0.926. The third kappa shape index (κ3) is 2.25. The zero-order valence-electron chi connectivity index (χ0n) is 12.1. The van der Waals surface area contributed by atoms with Gasteiger partial charge in [0.25, 0.3) is 0 Å². The maximum absolute atomic E-state index is 12.6. The second-order valence-corrected chi connectivity index (χ2v) is 8.75. The molecule has 1 aromatic rings. The average molecular weight is 311 g/mol. The molecule has 4 rings (SSSR count). The van der Waals surface area contributed by atoms with Crippen molar-refractivity contribution in [2.75, 3.05) is 11.4 Å². The Morgan fingerprint density at radius 2 is 1.86 bits per heavy atom. The lowest BCUT2D eigenvalue weighted by molar-refractivity contribution is 0.402. The Hall–Kier alpha value is -1.11. The van der Waals surface area contributed by atoms with Gasteiger partial charge in [0, 0.05) is 12.6 Å². The Labute approximate surface area is 124 Å². The molecule has 6 nitrogen and oxygen atoms in total. The normalized spacial score (nSPS) is 30.2. The number of nitrogens with zero attached hydrogens (tertiary/aromatic N) is 3. The molecule has 1 saturated heterocycles. The summed E-state index contributed by atoms with van der Waals surface area (Å²) in [6, 6.07) is 0.859. The molecule has 0 amide bonds. The molecule has 0 N–H and O–H groups in total. The van der Waals surface area contributed by atoms with Gasteiger partial charge in [0.1, 0.15) is 0 Å². The molecule has 2 unspecified atom stereocenters. The van der Waals surface area contributed by atoms with Crippen molar-refractivity contribution in [1.29, 1.82) is 0 Å². The maximum Gasteiger partial charge on any atom is 0.337 e. The fraction of sp³-hybridized carbons (Fsp3) is 0.857. The molecule has 0 radical (unpaired) electrons. The topological polar surface area (TPSA) is 76.3 Å². The highest BCUT2D eigenvalue weighted by atomic mass is 32.2. The molecule has 2 saturated carbocycles. The molecule has 7 heteroatoms. The van der Waals surface area contributed by atoms with Gasteiger partial charge in [0.15, 0.2) is 0 Å². The van der Waals surface area contributed by atoms with Gasteiger partial charge in [0.2, 0.25) is 9.84 Å². The third-order valence-corrected chi connectivity index (χ3v) is 7.29. The Bertz CT molecular complexity index is 621. The van der Waals surface area contributed by atoms with E-state index in [4.69, 9.17) is 4.42 Å². The minimum Gasteiger partial charge on any atom is -0.394 e. The van der Waals surface area contributed by atoms with E-state index in [1.165, 1.54) is 12.8 Å². The molecule has 21 heavy (non-hydrogen) atoms. The fourth-order valence-electron chi connectivity index (χ4n) is 4.11. The quantitative estimate of drug-likeness (QED) is 0.851. The van der Waals surface area contributed by atoms with Crippen LogP contribution in [0.5, 0.6) is 0 Å². The van der Waals surface area contributed by atoms with Gasteiger partial charge in [-0.3, -0.25) is 0 Å². The van der Waals surface area contributed by atoms with Crippen LogP contribution in [0.25, 0.3) is 0 Å². The Morgan fingerprint density at radius 1 is 1.05 bits per heavy atom. The molecule has 0 aromatic carbocycles. The minimum absolute atomic E-state index is 0.174. The lowest BCUT2D eigenvalue weighted by atomic mass is 10.0. The first-order valence-corrected chi connectivity index (χ1v) is 9.53. The number of anilines is 1. The summed E-state index contributed by atoms with van der Waals surface area (Å²) in [6.07, 6.45) is 8.09. The van der Waals surface area contributed by atoms with Crippen LogP contribution < -0.4 is 4.90 Å². The second-order valence-electron chi connectivity index (χ2n) is 6.64. The molecule has 116 valence electrons. The van der Waals surface area contributed by atoms with E-state index in [1.807, 2.05) is 0 Å². The summed E-state index contributed by atoms with van der Waals surface area (Å²) in [4.78, 5) is 2.10. The van der Waals surface area contributed by atoms with Crippen molar-refractivity contribution in [3.05, 3.63) is 0 Å². The highest BCUT2D eigenvalue weighted by Gasteiger charge is 2.41. The maximum atomic E-state index is 12.6. The van der Waals surface area contributed by atoms with Crippen LogP contribution in [0.3, 0.4) is 0 Å². The largest absolute Gasteiger partial charge is 0.394 e. The van der Waals surface area contributed by atoms with Crippen molar-refractivity contribution in [1.82, 2.24) is 10.2 Å². The summed E-state index contributed by atoms with van der Waals surface area (Å²) >= 11 is 0. The van der Waals surface area contributed by atoms with E-state index in [0.717, 1.165) is 32.2 Å². The number of rotatable bonds is 3. The highest BCUT2D eigenvalue weighted by Crippen LogP contribution is 2.40. The van der Waals surface area contributed by atoms with E-state index in [-0.39, 0.29) is 10.5 Å². The van der Waals surface area contributed by atoms with E-state index in [1.54, 1.807) is 0 Å². The van der Waals surface area contributed by atoms with E-state index in [9.17, 15) is 8.42 Å². The number of hydrogen-bond donors (Lipinski definition) is 0. The van der Waals surface area contributed by atoms with Gasteiger partial charge in [-0.25, -0.2) is 8.42 Å². The van der Waals surface area contributed by atoms with Gasteiger partial charge < -0.3 is 9.32 Å². The molecule has 2 aliphatic carbocycles. The van der Waals surface area contributed by atoms with Gasteiger partial charge in [0.05, 0.1) is 5.25 Å². The van der Waals surface area contributed by atoms with Crippen LogP contribution in [0.15, 0.2) is 9.64 Å². The van der Waals surface area contributed by atoms with Crippen molar-refractivity contribution in [2.45, 2.75) is 67.9 Å². The van der Waals surface area contributed by atoms with Gasteiger partial charge in [-0.05, 0) is 38.0 Å². The van der Waals surface area contributed by atoms with Crippen LogP contribution in [-0.2, 0) is 9.84 Å². The Kier molecular flexibility index (Phi) is 3.20. The zero-order valence-corrected chi connectivity index (χ0v) is 12.9. The summed E-state index contributed by atoms with van der Waals surface area (Å²) in [5, 5.41) is 7.34. The summed E-state index contributed by atoms with van der Waals surface area (Å²) in [5.74, 6) is 0.709. The Balaban J connectivity index is 1.56. The molecule has 0 spiro atoms. The molecule has 2 heterocycles. The minimum atomic E-state index is -3.45. The number of sulfone groups is 1. The highest BCUT2D eigenvalue weighted by molar-refractivity contribution is 7.91. The first-order chi connectivity index (χ1) is 10.1. The monoisotopic (exact) mass is 311 g/mol. The fourth-order valence-corrected chi connectivity index (χ4v) is 5.69. The van der Waals surface area contributed by atoms with Crippen LogP contribution in [-0.4, -0.2) is 36.5 Å². The molecule has 3 aliphatic rings.